The fourth-order valence-corrected chi connectivity index (χ4v) is 3.54. The van der Waals surface area contributed by atoms with Crippen molar-refractivity contribution in [3.8, 4) is 0 Å². The molecule has 0 spiro atoms. The molecule has 0 radical (unpaired) electrons. The number of anilines is 2. The maximum absolute atomic E-state index is 12.6. The molecule has 1 N–H and O–H groups in total. The molecule has 1 aromatic carbocycles. The lowest BCUT2D eigenvalue weighted by Crippen LogP contribution is -2.38. The van der Waals surface area contributed by atoms with E-state index < -0.39 is 0 Å². The predicted octanol–water partition coefficient (Wildman–Crippen LogP) is 2.71. The number of amides is 1. The fourth-order valence-electron chi connectivity index (χ4n) is 3.41. The molecule has 1 atom stereocenters. The smallest absolute Gasteiger partial charge is 0.227 e. The summed E-state index contributed by atoms with van der Waals surface area (Å²) in [6.45, 7) is 3.08. The number of carbonyl (C=O) groups excluding carboxylic acids is 1. The molecule has 1 amide bonds. The average molecular weight is 373 g/mol. The van der Waals surface area contributed by atoms with Crippen LogP contribution in [0.25, 0.3) is 0 Å². The Labute approximate surface area is 157 Å². The van der Waals surface area contributed by atoms with Crippen LogP contribution >= 0.6 is 11.6 Å². The van der Waals surface area contributed by atoms with Gasteiger partial charge in [0, 0.05) is 41.6 Å². The fraction of sp³-hybridized carbons (Fsp3) is 0.421. The topological polar surface area (TPSA) is 67.4 Å². The lowest BCUT2D eigenvalue weighted by atomic mass is 9.86. The van der Waals surface area contributed by atoms with Crippen LogP contribution in [0.15, 0.2) is 30.5 Å². The maximum Gasteiger partial charge on any atom is 0.227 e. The van der Waals surface area contributed by atoms with E-state index in [0.29, 0.717) is 24.7 Å². The highest BCUT2D eigenvalue weighted by molar-refractivity contribution is 6.30. The summed E-state index contributed by atoms with van der Waals surface area (Å²) in [6.07, 6.45) is 4.16. The molecule has 1 fully saturated rings. The summed E-state index contributed by atoms with van der Waals surface area (Å²) in [7, 11) is 0. The zero-order valence-corrected chi connectivity index (χ0v) is 15.2. The van der Waals surface area contributed by atoms with E-state index in [1.807, 2.05) is 18.3 Å². The van der Waals surface area contributed by atoms with Crippen LogP contribution < -0.4 is 10.2 Å². The number of aromatic nitrogens is 2. The minimum absolute atomic E-state index is 0.0372. The third-order valence-electron chi connectivity index (χ3n) is 4.91. The number of hydrogen-bond donors (Lipinski definition) is 1. The molecular weight excluding hydrogens is 352 g/mol. The number of fused-ring (bicyclic) bond motifs is 1. The monoisotopic (exact) mass is 372 g/mol. The van der Waals surface area contributed by atoms with Gasteiger partial charge in [-0.25, -0.2) is 9.97 Å². The number of benzene rings is 1. The van der Waals surface area contributed by atoms with Crippen molar-refractivity contribution in [3.63, 3.8) is 0 Å². The van der Waals surface area contributed by atoms with Gasteiger partial charge in [0.25, 0.3) is 0 Å². The molecule has 136 valence electrons. The van der Waals surface area contributed by atoms with Gasteiger partial charge in [-0.15, -0.1) is 0 Å². The van der Waals surface area contributed by atoms with E-state index >= 15 is 0 Å². The molecular formula is C19H21ClN4O2. The normalized spacial score (nSPS) is 19.7. The number of nitrogens with one attached hydrogen (secondary N) is 1. The van der Waals surface area contributed by atoms with Crippen molar-refractivity contribution < 1.29 is 9.53 Å². The highest BCUT2D eigenvalue weighted by atomic mass is 35.5. The van der Waals surface area contributed by atoms with Gasteiger partial charge in [-0.2, -0.15) is 0 Å². The summed E-state index contributed by atoms with van der Waals surface area (Å²) >= 11 is 5.88. The van der Waals surface area contributed by atoms with Gasteiger partial charge in [-0.1, -0.05) is 11.6 Å². The van der Waals surface area contributed by atoms with Gasteiger partial charge in [0.1, 0.15) is 0 Å². The van der Waals surface area contributed by atoms with Crippen LogP contribution in [-0.4, -0.2) is 42.2 Å². The molecule has 1 saturated heterocycles. The van der Waals surface area contributed by atoms with E-state index in [1.54, 1.807) is 12.1 Å². The zero-order valence-electron chi connectivity index (χ0n) is 14.4. The van der Waals surface area contributed by atoms with Crippen molar-refractivity contribution in [2.24, 2.45) is 5.92 Å². The molecule has 0 bridgehead atoms. The Morgan fingerprint density at radius 2 is 2.00 bits per heavy atom. The van der Waals surface area contributed by atoms with Gasteiger partial charge in [-0.05, 0) is 49.1 Å². The van der Waals surface area contributed by atoms with Crippen LogP contribution in [-0.2, 0) is 22.4 Å². The standard InChI is InChI=1S/C19H21ClN4O2/c20-15-2-4-16(5-3-15)22-18(25)13-1-6-17-14(11-13)12-21-19(23-17)24-7-9-26-10-8-24/h2-5,12-13H,1,6-11H2,(H,22,25). The number of halogens is 1. The SMILES string of the molecule is O=C(Nc1ccc(Cl)cc1)C1CCc2nc(N3CCOCC3)ncc2C1. The van der Waals surface area contributed by atoms with Crippen LogP contribution in [0.4, 0.5) is 11.6 Å². The molecule has 1 unspecified atom stereocenters. The summed E-state index contributed by atoms with van der Waals surface area (Å²) in [4.78, 5) is 24.0. The van der Waals surface area contributed by atoms with E-state index in [-0.39, 0.29) is 11.8 Å². The zero-order chi connectivity index (χ0) is 17.9. The third-order valence-corrected chi connectivity index (χ3v) is 5.17. The number of carbonyl (C=O) groups is 1. The summed E-state index contributed by atoms with van der Waals surface area (Å²) in [5, 5.41) is 3.63. The molecule has 2 aliphatic rings. The summed E-state index contributed by atoms with van der Waals surface area (Å²) in [6, 6.07) is 7.17. The molecule has 2 aromatic rings. The molecule has 1 aromatic heterocycles. The second-order valence-electron chi connectivity index (χ2n) is 6.68. The first kappa shape index (κ1) is 17.2. The van der Waals surface area contributed by atoms with Crippen molar-refractivity contribution in [1.82, 2.24) is 9.97 Å². The minimum atomic E-state index is -0.0592. The first-order valence-electron chi connectivity index (χ1n) is 8.93. The Kier molecular flexibility index (Phi) is 5.04. The maximum atomic E-state index is 12.6. The average Bonchev–Trinajstić information content (AvgIpc) is 2.69. The minimum Gasteiger partial charge on any atom is -0.378 e. The molecule has 6 nitrogen and oxygen atoms in total. The largest absolute Gasteiger partial charge is 0.378 e. The first-order valence-corrected chi connectivity index (χ1v) is 9.31. The molecule has 0 saturated carbocycles. The number of rotatable bonds is 3. The quantitative estimate of drug-likeness (QED) is 0.897. The molecule has 26 heavy (non-hydrogen) atoms. The lowest BCUT2D eigenvalue weighted by Gasteiger charge is -2.28. The van der Waals surface area contributed by atoms with Gasteiger partial charge in [0.05, 0.1) is 13.2 Å². The molecule has 1 aliphatic heterocycles. The summed E-state index contributed by atoms with van der Waals surface area (Å²) < 4.78 is 5.38. The Morgan fingerprint density at radius 1 is 1.23 bits per heavy atom. The van der Waals surface area contributed by atoms with Crippen LogP contribution in [0.2, 0.25) is 5.02 Å². The van der Waals surface area contributed by atoms with E-state index in [0.717, 1.165) is 48.8 Å². The third kappa shape index (κ3) is 3.81. The molecule has 4 rings (SSSR count). The van der Waals surface area contributed by atoms with Crippen LogP contribution in [0.3, 0.4) is 0 Å². The van der Waals surface area contributed by atoms with E-state index in [4.69, 9.17) is 21.3 Å². The number of aryl methyl sites for hydroxylation is 1. The van der Waals surface area contributed by atoms with Gasteiger partial charge in [0.2, 0.25) is 11.9 Å². The van der Waals surface area contributed by atoms with Gasteiger partial charge >= 0.3 is 0 Å². The highest BCUT2D eigenvalue weighted by Gasteiger charge is 2.27. The Morgan fingerprint density at radius 3 is 2.77 bits per heavy atom. The Balaban J connectivity index is 1.42. The Hall–Kier alpha value is -2.18. The number of hydrogen-bond acceptors (Lipinski definition) is 5. The summed E-state index contributed by atoms with van der Waals surface area (Å²) in [5.74, 6) is 0.752. The van der Waals surface area contributed by atoms with Crippen molar-refractivity contribution >= 4 is 29.1 Å². The Bertz CT molecular complexity index is 791. The number of morpholine rings is 1. The second kappa shape index (κ2) is 7.60. The van der Waals surface area contributed by atoms with Crippen molar-refractivity contribution in [3.05, 3.63) is 46.7 Å². The van der Waals surface area contributed by atoms with Crippen LogP contribution in [0.5, 0.6) is 0 Å². The molecule has 2 heterocycles. The lowest BCUT2D eigenvalue weighted by molar-refractivity contribution is -0.120. The van der Waals surface area contributed by atoms with Crippen molar-refractivity contribution in [1.29, 1.82) is 0 Å². The van der Waals surface area contributed by atoms with E-state index in [2.05, 4.69) is 15.2 Å². The molecule has 1 aliphatic carbocycles. The van der Waals surface area contributed by atoms with Crippen LogP contribution in [0, 0.1) is 5.92 Å². The second-order valence-corrected chi connectivity index (χ2v) is 7.11. The molecule has 7 heteroatoms. The van der Waals surface area contributed by atoms with Gasteiger partial charge in [0.15, 0.2) is 0 Å². The van der Waals surface area contributed by atoms with Gasteiger partial charge in [-0.3, -0.25) is 4.79 Å². The summed E-state index contributed by atoms with van der Waals surface area (Å²) in [5.41, 5.74) is 2.91. The number of ether oxygens (including phenoxy) is 1. The van der Waals surface area contributed by atoms with E-state index in [9.17, 15) is 4.79 Å². The van der Waals surface area contributed by atoms with Crippen LogP contribution in [0.1, 0.15) is 17.7 Å². The highest BCUT2D eigenvalue weighted by Crippen LogP contribution is 2.26. The first-order chi connectivity index (χ1) is 12.7. The van der Waals surface area contributed by atoms with Crippen molar-refractivity contribution in [2.75, 3.05) is 36.5 Å². The van der Waals surface area contributed by atoms with Gasteiger partial charge < -0.3 is 15.0 Å². The van der Waals surface area contributed by atoms with Crippen molar-refractivity contribution in [2.45, 2.75) is 19.3 Å². The predicted molar refractivity (Wildman–Crippen MR) is 101 cm³/mol. The van der Waals surface area contributed by atoms with E-state index in [1.165, 1.54) is 0 Å². The number of nitrogens with zero attached hydrogens (tertiary/aromatic N) is 3.